The number of hydrogen-bond acceptors (Lipinski definition) is 8. The molecule has 0 unspecified atom stereocenters. The predicted molar refractivity (Wildman–Crippen MR) is 585 cm³/mol. The fraction of sp³-hybridized carbons (Fsp3) is 0.0698. The molecular formula is C129H108N8. The number of benzene rings is 21. The number of fused-ring (bicyclic) bond motifs is 3. The van der Waals surface area contributed by atoms with Crippen LogP contribution in [-0.2, 0) is 0 Å². The van der Waals surface area contributed by atoms with Gasteiger partial charge in [0.05, 0.1) is 17.1 Å². The van der Waals surface area contributed by atoms with Gasteiger partial charge in [0.25, 0.3) is 0 Å². The molecule has 0 aliphatic carbocycles. The van der Waals surface area contributed by atoms with Gasteiger partial charge in [-0.05, 0) is 365 Å². The Bertz CT molecular complexity index is 7080. The van der Waals surface area contributed by atoms with Crippen molar-refractivity contribution in [2.24, 2.45) is 0 Å². The summed E-state index contributed by atoms with van der Waals surface area (Å²) in [7, 11) is 0. The highest BCUT2D eigenvalue weighted by atomic mass is 15.2. The first-order valence-corrected chi connectivity index (χ1v) is 47.2. The molecule has 21 aromatic rings. The summed E-state index contributed by atoms with van der Waals surface area (Å²) in [5, 5.41) is 7.19. The fourth-order valence-corrected chi connectivity index (χ4v) is 19.4. The average molecular weight is 1770 g/mol. The highest BCUT2D eigenvalue weighted by Crippen LogP contribution is 2.52. The summed E-state index contributed by atoms with van der Waals surface area (Å²) in [4.78, 5) is 19.1. The molecule has 0 radical (unpaired) electrons. The van der Waals surface area contributed by atoms with Crippen LogP contribution in [0.3, 0.4) is 0 Å². The van der Waals surface area contributed by atoms with Crippen molar-refractivity contribution in [1.82, 2.24) is 0 Å². The van der Waals surface area contributed by atoms with Crippen LogP contribution in [0.15, 0.2) is 491 Å². The Morgan fingerprint density at radius 1 is 0.109 bits per heavy atom. The highest BCUT2D eigenvalue weighted by Gasteiger charge is 2.29. The Hall–Kier alpha value is -17.2. The third-order valence-electron chi connectivity index (χ3n) is 26.0. The van der Waals surface area contributed by atoms with Crippen molar-refractivity contribution in [2.75, 3.05) is 39.2 Å². The van der Waals surface area contributed by atoms with Gasteiger partial charge in [0.1, 0.15) is 0 Å². The number of rotatable bonds is 24. The summed E-state index contributed by atoms with van der Waals surface area (Å²) in [6, 6.07) is 177. The molecule has 0 heterocycles. The van der Waals surface area contributed by atoms with Crippen LogP contribution in [0.5, 0.6) is 0 Å². The van der Waals surface area contributed by atoms with Gasteiger partial charge in [-0.25, -0.2) is 0 Å². The van der Waals surface area contributed by atoms with Crippen LogP contribution in [0.4, 0.5) is 136 Å². The molecule has 0 aliphatic rings. The largest absolute Gasteiger partial charge is 0.310 e. The first-order valence-electron chi connectivity index (χ1n) is 47.2. The normalized spacial score (nSPS) is 11.1. The molecule has 664 valence electrons. The van der Waals surface area contributed by atoms with Crippen molar-refractivity contribution >= 4 is 169 Å². The van der Waals surface area contributed by atoms with Crippen LogP contribution in [0, 0.1) is 62.3 Å². The van der Waals surface area contributed by atoms with E-state index in [0.717, 1.165) is 136 Å². The summed E-state index contributed by atoms with van der Waals surface area (Å²) in [5.74, 6) is 0. The van der Waals surface area contributed by atoms with E-state index in [0.29, 0.717) is 0 Å². The van der Waals surface area contributed by atoms with E-state index in [4.69, 9.17) is 0 Å². The fourth-order valence-electron chi connectivity index (χ4n) is 19.4. The summed E-state index contributed by atoms with van der Waals surface area (Å²) in [6.45, 7) is 20.0. The molecule has 0 fully saturated rings. The van der Waals surface area contributed by atoms with Gasteiger partial charge >= 0.3 is 0 Å². The number of hydrogen-bond donors (Lipinski definition) is 0. The molecule has 21 rings (SSSR count). The Morgan fingerprint density at radius 3 is 0.489 bits per heavy atom. The van der Waals surface area contributed by atoms with Gasteiger partial charge in [-0.1, -0.05) is 255 Å². The van der Waals surface area contributed by atoms with Crippen LogP contribution < -0.4 is 39.2 Å². The van der Waals surface area contributed by atoms with Crippen molar-refractivity contribution in [3.8, 4) is 0 Å². The Morgan fingerprint density at radius 2 is 0.270 bits per heavy atom. The predicted octanol–water partition coefficient (Wildman–Crippen LogP) is 37.4. The lowest BCUT2D eigenvalue weighted by Gasteiger charge is -2.35. The zero-order chi connectivity index (χ0) is 93.4. The molecule has 0 aliphatic heterocycles. The lowest BCUT2D eigenvalue weighted by atomic mass is 9.98. The van der Waals surface area contributed by atoms with Crippen LogP contribution in [0.2, 0.25) is 0 Å². The molecule has 0 N–H and O–H groups in total. The first kappa shape index (κ1) is 87.8. The van der Waals surface area contributed by atoms with Gasteiger partial charge < -0.3 is 39.2 Å². The number of aryl methyl sites for hydroxylation is 9. The molecule has 0 saturated heterocycles. The number of anilines is 24. The van der Waals surface area contributed by atoms with Gasteiger partial charge in [0.2, 0.25) is 0 Å². The maximum atomic E-state index is 2.52. The summed E-state index contributed by atoms with van der Waals surface area (Å²) >= 11 is 0. The monoisotopic (exact) mass is 1770 g/mol. The standard InChI is InChI=1S/C66H48N4.C63H60N4/c1-4-25-52(26-5-1)68(64-34-16-22-49-19-10-13-31-61(49)64)58-43-37-55(38-44-58)67(56-39-45-59(46-40-56)69(53-27-6-2-7-28-53)65-35-17-23-50-20-11-14-32-62(50)65)57-41-47-60(48-42-57)70(54-29-8-3-9-30-54)66-36-18-24-51-21-12-15-33-63(51)66;1-43-22-19-31-55(34-43)64(52-25-13-10-14-26-52)58-37-49(7)61(40-46(58)4)67(62-41-47(5)59(38-50(62)8)65(53-27-15-11-16-28-53)56-32-20-23-44(2)35-56)63-42-48(6)60(39-51(63)9)66(54-29-17-12-18-30-54)57-33-21-24-45(3)36-57/h1-48H;10-42H,1-9H3. The Balaban J connectivity index is 0.000000169. The minimum Gasteiger partial charge on any atom is -0.310 e. The second-order valence-electron chi connectivity index (χ2n) is 35.5. The summed E-state index contributed by atoms with van der Waals surface area (Å²) in [6.07, 6.45) is 0. The molecule has 0 aromatic heterocycles. The topological polar surface area (TPSA) is 25.9 Å². The van der Waals surface area contributed by atoms with E-state index >= 15 is 0 Å². The number of nitrogens with zero attached hydrogens (tertiary/aromatic N) is 8. The van der Waals surface area contributed by atoms with Crippen molar-refractivity contribution in [3.05, 3.63) is 541 Å². The van der Waals surface area contributed by atoms with Gasteiger partial charge in [-0.3, -0.25) is 0 Å². The van der Waals surface area contributed by atoms with Gasteiger partial charge in [0.15, 0.2) is 0 Å². The van der Waals surface area contributed by atoms with E-state index in [9.17, 15) is 0 Å². The SMILES string of the molecule is Cc1cccc(N(c2ccccc2)c2cc(C)c(N(c3cc(C)c(N(c4ccccc4)c4cccc(C)c4)cc3C)c3cc(C)c(N(c4ccccc4)c4cccc(C)c4)cc3C)cc2C)c1.c1ccc(N(c2ccc(N(c3ccc(N(c4ccccc4)c4cccc5ccccc45)cc3)c3ccc(N(c4ccccc4)c4cccc5ccccc45)cc3)cc2)c2cccc3ccccc23)cc1. The molecular weight excluding hydrogens is 1660 g/mol. The zero-order valence-corrected chi connectivity index (χ0v) is 78.8. The average Bonchev–Trinajstić information content (AvgIpc) is 0.749. The zero-order valence-electron chi connectivity index (χ0n) is 78.8. The minimum atomic E-state index is 1.04. The molecule has 8 nitrogen and oxygen atoms in total. The Labute approximate surface area is 806 Å². The van der Waals surface area contributed by atoms with Gasteiger partial charge in [-0.15, -0.1) is 0 Å². The van der Waals surface area contributed by atoms with E-state index < -0.39 is 0 Å². The second kappa shape index (κ2) is 39.3. The van der Waals surface area contributed by atoms with E-state index in [1.807, 2.05) is 0 Å². The quantitative estimate of drug-likeness (QED) is 0.0591. The molecule has 8 heteroatoms. The molecule has 0 bridgehead atoms. The van der Waals surface area contributed by atoms with Crippen molar-refractivity contribution in [3.63, 3.8) is 0 Å². The molecule has 0 spiro atoms. The maximum Gasteiger partial charge on any atom is 0.0540 e. The van der Waals surface area contributed by atoms with Crippen molar-refractivity contribution in [2.45, 2.75) is 62.3 Å². The third-order valence-corrected chi connectivity index (χ3v) is 26.0. The van der Waals surface area contributed by atoms with Crippen molar-refractivity contribution < 1.29 is 0 Å². The lowest BCUT2D eigenvalue weighted by Crippen LogP contribution is -2.18. The van der Waals surface area contributed by atoms with Crippen LogP contribution in [0.25, 0.3) is 32.3 Å². The van der Waals surface area contributed by atoms with Crippen LogP contribution in [-0.4, -0.2) is 0 Å². The van der Waals surface area contributed by atoms with E-state index in [1.165, 1.54) is 82.4 Å². The molecule has 0 amide bonds. The van der Waals surface area contributed by atoms with E-state index in [-0.39, 0.29) is 0 Å². The molecule has 21 aromatic carbocycles. The molecule has 137 heavy (non-hydrogen) atoms. The molecule has 0 atom stereocenters. The minimum absolute atomic E-state index is 1.04. The molecule has 0 saturated carbocycles. The van der Waals surface area contributed by atoms with Crippen molar-refractivity contribution in [1.29, 1.82) is 0 Å². The summed E-state index contributed by atoms with van der Waals surface area (Å²) in [5.41, 5.74) is 37.4. The third kappa shape index (κ3) is 18.3. The van der Waals surface area contributed by atoms with Crippen LogP contribution in [0.1, 0.15) is 50.1 Å². The van der Waals surface area contributed by atoms with Gasteiger partial charge in [0, 0.05) is 136 Å². The van der Waals surface area contributed by atoms with E-state index in [1.54, 1.807) is 0 Å². The summed E-state index contributed by atoms with van der Waals surface area (Å²) < 4.78 is 0. The van der Waals surface area contributed by atoms with E-state index in [2.05, 4.69) is 593 Å². The smallest absolute Gasteiger partial charge is 0.0540 e. The number of para-hydroxylation sites is 6. The second-order valence-corrected chi connectivity index (χ2v) is 35.5. The van der Waals surface area contributed by atoms with Crippen LogP contribution >= 0.6 is 0 Å². The first-order chi connectivity index (χ1) is 67.2. The Kier molecular flexibility index (Phi) is 25.2. The lowest BCUT2D eigenvalue weighted by molar-refractivity contribution is 1.15. The maximum absolute atomic E-state index is 2.52. The van der Waals surface area contributed by atoms with Gasteiger partial charge in [-0.2, -0.15) is 0 Å². The highest BCUT2D eigenvalue weighted by molar-refractivity contribution is 6.03.